The number of nitrogen functional groups attached to an aromatic ring is 1. The van der Waals surface area contributed by atoms with Gasteiger partial charge in [0.25, 0.3) is 0 Å². The fourth-order valence-electron chi connectivity index (χ4n) is 2.94. The van der Waals surface area contributed by atoms with Gasteiger partial charge in [0, 0.05) is 6.54 Å². The van der Waals surface area contributed by atoms with Crippen LogP contribution in [0.2, 0.25) is 0 Å². The molecule has 3 N–H and O–H groups in total. The summed E-state index contributed by atoms with van der Waals surface area (Å²) in [6.45, 7) is 1.63. The Morgan fingerprint density at radius 1 is 1.44 bits per heavy atom. The second-order valence-electron chi connectivity index (χ2n) is 4.90. The summed E-state index contributed by atoms with van der Waals surface area (Å²) in [5.74, 6) is 0.941. The molecule has 0 spiro atoms. The number of nitrogens with zero attached hydrogens (tertiary/aromatic N) is 2. The lowest BCUT2D eigenvalue weighted by Crippen LogP contribution is -2.49. The maximum absolute atomic E-state index is 7.47. The number of fused-ring (bicyclic) bond motifs is 1. The van der Waals surface area contributed by atoms with Gasteiger partial charge in [-0.05, 0) is 31.4 Å². The number of morpholine rings is 1. The summed E-state index contributed by atoms with van der Waals surface area (Å²) in [5.41, 5.74) is 6.05. The number of pyridine rings is 1. The van der Waals surface area contributed by atoms with Gasteiger partial charge in [-0.3, -0.25) is 5.41 Å². The largest absolute Gasteiger partial charge is 0.382 e. The molecule has 0 aromatic carbocycles. The molecule has 2 unspecified atom stereocenters. The zero-order chi connectivity index (χ0) is 12.5. The van der Waals surface area contributed by atoms with E-state index in [0.717, 1.165) is 31.8 Å². The minimum atomic E-state index is 0.0214. The van der Waals surface area contributed by atoms with Crippen molar-refractivity contribution in [1.29, 1.82) is 5.41 Å². The number of aromatic nitrogens is 1. The van der Waals surface area contributed by atoms with Gasteiger partial charge in [0.15, 0.2) is 0 Å². The van der Waals surface area contributed by atoms with Crippen LogP contribution in [0.1, 0.15) is 25.0 Å². The fraction of sp³-hybridized carbons (Fsp3) is 0.538. The van der Waals surface area contributed by atoms with E-state index in [2.05, 4.69) is 9.88 Å². The van der Waals surface area contributed by atoms with Gasteiger partial charge in [0.1, 0.15) is 17.3 Å². The molecule has 2 fully saturated rings. The highest BCUT2D eigenvalue weighted by molar-refractivity contribution is 5.93. The van der Waals surface area contributed by atoms with Crippen molar-refractivity contribution >= 4 is 11.7 Å². The first-order valence-corrected chi connectivity index (χ1v) is 6.45. The molecule has 0 bridgehead atoms. The maximum atomic E-state index is 7.47. The molecule has 2 atom stereocenters. The van der Waals surface area contributed by atoms with Gasteiger partial charge in [0.2, 0.25) is 0 Å². The zero-order valence-electron chi connectivity index (χ0n) is 10.3. The van der Waals surface area contributed by atoms with Crippen molar-refractivity contribution < 1.29 is 4.74 Å². The average molecular weight is 246 g/mol. The van der Waals surface area contributed by atoms with Crippen molar-refractivity contribution in [2.45, 2.75) is 31.4 Å². The quantitative estimate of drug-likeness (QED) is 0.606. The monoisotopic (exact) mass is 246 g/mol. The van der Waals surface area contributed by atoms with Gasteiger partial charge < -0.3 is 15.4 Å². The molecule has 2 aliphatic rings. The van der Waals surface area contributed by atoms with Crippen LogP contribution in [0.5, 0.6) is 0 Å². The molecule has 0 amide bonds. The highest BCUT2D eigenvalue weighted by Gasteiger charge is 2.36. The molecule has 5 heteroatoms. The predicted molar refractivity (Wildman–Crippen MR) is 70.0 cm³/mol. The first kappa shape index (κ1) is 11.5. The third kappa shape index (κ3) is 1.95. The van der Waals surface area contributed by atoms with E-state index in [9.17, 15) is 0 Å². The number of ether oxygens (including phenoxy) is 1. The summed E-state index contributed by atoms with van der Waals surface area (Å²) in [5, 5.41) is 7.47. The van der Waals surface area contributed by atoms with Crippen molar-refractivity contribution in [3.8, 4) is 0 Å². The molecule has 1 saturated carbocycles. The van der Waals surface area contributed by atoms with Gasteiger partial charge in [-0.15, -0.1) is 0 Å². The molecule has 1 saturated heterocycles. The fourth-order valence-corrected chi connectivity index (χ4v) is 2.94. The molecule has 1 aliphatic carbocycles. The van der Waals surface area contributed by atoms with Crippen LogP contribution in [0.3, 0.4) is 0 Å². The Morgan fingerprint density at radius 2 is 2.33 bits per heavy atom. The lowest BCUT2D eigenvalue weighted by atomic mass is 10.1. The molecule has 1 aliphatic heterocycles. The Balaban J connectivity index is 1.89. The minimum absolute atomic E-state index is 0.0214. The summed E-state index contributed by atoms with van der Waals surface area (Å²) in [6, 6.07) is 6.12. The van der Waals surface area contributed by atoms with E-state index < -0.39 is 0 Å². The van der Waals surface area contributed by atoms with E-state index >= 15 is 0 Å². The van der Waals surface area contributed by atoms with E-state index in [4.69, 9.17) is 15.9 Å². The van der Waals surface area contributed by atoms with Crippen LogP contribution in [0.25, 0.3) is 0 Å². The van der Waals surface area contributed by atoms with Gasteiger partial charge in [-0.25, -0.2) is 4.98 Å². The summed E-state index contributed by atoms with van der Waals surface area (Å²) in [4.78, 5) is 6.79. The van der Waals surface area contributed by atoms with Crippen LogP contribution in [0.15, 0.2) is 18.2 Å². The number of nitrogens with two attached hydrogens (primary N) is 1. The summed E-state index contributed by atoms with van der Waals surface area (Å²) in [6.07, 6.45) is 3.88. The normalized spacial score (nSPS) is 27.0. The minimum Gasteiger partial charge on any atom is -0.382 e. The van der Waals surface area contributed by atoms with Crippen LogP contribution in [-0.2, 0) is 4.74 Å². The van der Waals surface area contributed by atoms with E-state index in [1.54, 1.807) is 6.07 Å². The van der Waals surface area contributed by atoms with Gasteiger partial charge in [-0.2, -0.15) is 0 Å². The van der Waals surface area contributed by atoms with Crippen molar-refractivity contribution in [2.24, 2.45) is 5.73 Å². The molecule has 1 aromatic rings. The van der Waals surface area contributed by atoms with Crippen molar-refractivity contribution in [3.05, 3.63) is 23.9 Å². The van der Waals surface area contributed by atoms with Crippen molar-refractivity contribution in [3.63, 3.8) is 0 Å². The molecule has 96 valence electrons. The number of anilines is 1. The molecule has 2 heterocycles. The second kappa shape index (κ2) is 4.57. The molecular formula is C13H18N4O. The van der Waals surface area contributed by atoms with E-state index in [-0.39, 0.29) is 5.84 Å². The van der Waals surface area contributed by atoms with Crippen LogP contribution >= 0.6 is 0 Å². The summed E-state index contributed by atoms with van der Waals surface area (Å²) in [7, 11) is 0. The second-order valence-corrected chi connectivity index (χ2v) is 4.90. The van der Waals surface area contributed by atoms with Crippen LogP contribution < -0.4 is 10.6 Å². The maximum Gasteiger partial charge on any atom is 0.141 e. The first-order chi connectivity index (χ1) is 8.75. The summed E-state index contributed by atoms with van der Waals surface area (Å²) < 4.78 is 5.79. The van der Waals surface area contributed by atoms with E-state index in [0.29, 0.717) is 17.8 Å². The Bertz CT molecular complexity index is 462. The highest BCUT2D eigenvalue weighted by atomic mass is 16.5. The van der Waals surface area contributed by atoms with Crippen LogP contribution in [0.4, 0.5) is 5.82 Å². The number of rotatable bonds is 2. The third-order valence-electron chi connectivity index (χ3n) is 3.79. The van der Waals surface area contributed by atoms with E-state index in [1.807, 2.05) is 12.1 Å². The molecule has 5 nitrogen and oxygen atoms in total. The number of hydrogen-bond donors (Lipinski definition) is 2. The zero-order valence-corrected chi connectivity index (χ0v) is 10.3. The Hall–Kier alpha value is -1.62. The van der Waals surface area contributed by atoms with Crippen molar-refractivity contribution in [1.82, 2.24) is 4.98 Å². The standard InChI is InChI=1S/C13H18N4O/c14-13(15)9-3-1-6-12(16-9)17-7-8-18-11-5-2-4-10(11)17/h1,3,6,10-11H,2,4-5,7-8H2,(H3,14,15). The Labute approximate surface area is 106 Å². The predicted octanol–water partition coefficient (Wildman–Crippen LogP) is 1.12. The first-order valence-electron chi connectivity index (χ1n) is 6.45. The van der Waals surface area contributed by atoms with Crippen molar-refractivity contribution in [2.75, 3.05) is 18.1 Å². The molecule has 1 aromatic heterocycles. The molecule has 3 rings (SSSR count). The number of hydrogen-bond acceptors (Lipinski definition) is 4. The van der Waals surface area contributed by atoms with Gasteiger partial charge in [0.05, 0.1) is 18.8 Å². The smallest absolute Gasteiger partial charge is 0.141 e. The van der Waals surface area contributed by atoms with Crippen LogP contribution in [-0.4, -0.2) is 36.1 Å². The summed E-state index contributed by atoms with van der Waals surface area (Å²) >= 11 is 0. The SMILES string of the molecule is N=C(N)c1cccc(N2CCOC3CCCC32)n1. The molecular weight excluding hydrogens is 228 g/mol. The molecule has 0 radical (unpaired) electrons. The highest BCUT2D eigenvalue weighted by Crippen LogP contribution is 2.32. The topological polar surface area (TPSA) is 75.2 Å². The Morgan fingerprint density at radius 3 is 3.17 bits per heavy atom. The Kier molecular flexibility index (Phi) is 2.91. The third-order valence-corrected chi connectivity index (χ3v) is 3.79. The average Bonchev–Trinajstić information content (AvgIpc) is 2.87. The lowest BCUT2D eigenvalue weighted by Gasteiger charge is -2.38. The van der Waals surface area contributed by atoms with Crippen LogP contribution in [0, 0.1) is 5.41 Å². The molecule has 18 heavy (non-hydrogen) atoms. The number of amidine groups is 1. The van der Waals surface area contributed by atoms with Gasteiger partial charge in [-0.1, -0.05) is 6.07 Å². The number of nitrogens with one attached hydrogen (secondary N) is 1. The van der Waals surface area contributed by atoms with E-state index in [1.165, 1.54) is 6.42 Å². The lowest BCUT2D eigenvalue weighted by molar-refractivity contribution is 0.0253. The van der Waals surface area contributed by atoms with Gasteiger partial charge >= 0.3 is 0 Å².